The second-order valence-electron chi connectivity index (χ2n) is 7.96. The summed E-state index contributed by atoms with van der Waals surface area (Å²) in [6.45, 7) is 12.7. The second-order valence-corrected chi connectivity index (χ2v) is 7.96. The molecule has 0 bridgehead atoms. The van der Waals surface area contributed by atoms with Gasteiger partial charge in [-0.15, -0.1) is 6.58 Å². The standard InChI is InChI=1S/C21H26N2O/c1-6-19(4)12-11-14(13(2)3)17-20(21(17,19)22-5)15-9-7-8-10-16(15)23-18(20)24/h6-10,14,17,22H,1-2,11-12H2,3-5H3,(H,23,24). The number of likely N-dealkylation sites (N-methyl/N-ethyl adjacent to an activating group) is 1. The highest BCUT2D eigenvalue weighted by Crippen LogP contribution is 2.79. The number of benzene rings is 1. The zero-order valence-corrected chi connectivity index (χ0v) is 14.8. The van der Waals surface area contributed by atoms with Crippen LogP contribution in [-0.4, -0.2) is 18.5 Å². The second kappa shape index (κ2) is 4.60. The van der Waals surface area contributed by atoms with Gasteiger partial charge in [0, 0.05) is 17.0 Å². The molecule has 1 spiro atoms. The van der Waals surface area contributed by atoms with Crippen LogP contribution in [0.2, 0.25) is 0 Å². The first-order valence-corrected chi connectivity index (χ1v) is 8.79. The predicted octanol–water partition coefficient (Wildman–Crippen LogP) is 3.64. The maximum atomic E-state index is 13.3. The topological polar surface area (TPSA) is 41.1 Å². The number of allylic oxidation sites excluding steroid dienone is 1. The number of nitrogens with one attached hydrogen (secondary N) is 2. The zero-order valence-electron chi connectivity index (χ0n) is 14.8. The largest absolute Gasteiger partial charge is 0.325 e. The summed E-state index contributed by atoms with van der Waals surface area (Å²) in [6.07, 6.45) is 4.14. The number of hydrogen-bond acceptors (Lipinski definition) is 2. The summed E-state index contributed by atoms with van der Waals surface area (Å²) in [6, 6.07) is 8.15. The third-order valence-electron chi connectivity index (χ3n) is 7.19. The van der Waals surface area contributed by atoms with Gasteiger partial charge in [0.25, 0.3) is 0 Å². The average molecular weight is 322 g/mol. The van der Waals surface area contributed by atoms with Crippen LogP contribution in [0.5, 0.6) is 0 Å². The Labute approximate surface area is 144 Å². The quantitative estimate of drug-likeness (QED) is 0.834. The molecule has 3 aliphatic rings. The van der Waals surface area contributed by atoms with Gasteiger partial charge < -0.3 is 10.6 Å². The van der Waals surface area contributed by atoms with Crippen molar-refractivity contribution in [3.63, 3.8) is 0 Å². The summed E-state index contributed by atoms with van der Waals surface area (Å²) in [5, 5.41) is 6.76. The van der Waals surface area contributed by atoms with Crippen molar-refractivity contribution in [3.8, 4) is 0 Å². The molecule has 1 aliphatic heterocycles. The number of para-hydroxylation sites is 1. The van der Waals surface area contributed by atoms with Crippen molar-refractivity contribution in [1.29, 1.82) is 0 Å². The van der Waals surface area contributed by atoms with E-state index in [1.54, 1.807) is 0 Å². The molecule has 1 heterocycles. The third-order valence-corrected chi connectivity index (χ3v) is 7.19. The first kappa shape index (κ1) is 15.6. The summed E-state index contributed by atoms with van der Waals surface area (Å²) in [5.41, 5.74) is 2.31. The van der Waals surface area contributed by atoms with Gasteiger partial charge in [0.1, 0.15) is 5.41 Å². The summed E-state index contributed by atoms with van der Waals surface area (Å²) < 4.78 is 0. The van der Waals surface area contributed by atoms with Crippen LogP contribution in [0, 0.1) is 17.3 Å². The molecule has 1 aromatic rings. The van der Waals surface area contributed by atoms with Gasteiger partial charge in [-0.05, 0) is 44.4 Å². The van der Waals surface area contributed by atoms with Crippen LogP contribution in [0.3, 0.4) is 0 Å². The van der Waals surface area contributed by atoms with E-state index < -0.39 is 5.41 Å². The summed E-state index contributed by atoms with van der Waals surface area (Å²) in [7, 11) is 2.00. The van der Waals surface area contributed by atoms with Gasteiger partial charge in [-0.25, -0.2) is 0 Å². The van der Waals surface area contributed by atoms with E-state index in [-0.39, 0.29) is 22.8 Å². The molecule has 2 N–H and O–H groups in total. The van der Waals surface area contributed by atoms with Crippen LogP contribution in [0.15, 0.2) is 49.1 Å². The summed E-state index contributed by atoms with van der Waals surface area (Å²) >= 11 is 0. The lowest BCUT2D eigenvalue weighted by atomic mass is 9.66. The fourth-order valence-corrected chi connectivity index (χ4v) is 6.14. The van der Waals surface area contributed by atoms with Crippen LogP contribution < -0.4 is 10.6 Å². The number of carbonyl (C=O) groups excluding carboxylic acids is 1. The van der Waals surface area contributed by atoms with Gasteiger partial charge in [0.15, 0.2) is 0 Å². The van der Waals surface area contributed by atoms with E-state index in [9.17, 15) is 4.79 Å². The highest BCUT2D eigenvalue weighted by atomic mass is 16.2. The average Bonchev–Trinajstić information content (AvgIpc) is 3.11. The van der Waals surface area contributed by atoms with Crippen molar-refractivity contribution in [1.82, 2.24) is 5.32 Å². The third kappa shape index (κ3) is 1.38. The van der Waals surface area contributed by atoms with E-state index in [1.165, 1.54) is 5.57 Å². The Kier molecular flexibility index (Phi) is 3.00. The van der Waals surface area contributed by atoms with Crippen molar-refractivity contribution in [3.05, 3.63) is 54.6 Å². The van der Waals surface area contributed by atoms with Gasteiger partial charge in [0.2, 0.25) is 5.91 Å². The molecule has 0 saturated heterocycles. The van der Waals surface area contributed by atoms with E-state index >= 15 is 0 Å². The lowest BCUT2D eigenvalue weighted by Gasteiger charge is -2.43. The Morgan fingerprint density at radius 1 is 1.42 bits per heavy atom. The van der Waals surface area contributed by atoms with Gasteiger partial charge >= 0.3 is 0 Å². The molecule has 2 saturated carbocycles. The van der Waals surface area contributed by atoms with E-state index in [0.29, 0.717) is 5.92 Å². The van der Waals surface area contributed by atoms with E-state index in [0.717, 1.165) is 24.1 Å². The van der Waals surface area contributed by atoms with Gasteiger partial charge in [-0.2, -0.15) is 0 Å². The van der Waals surface area contributed by atoms with Crippen molar-refractivity contribution in [2.24, 2.45) is 17.3 Å². The number of rotatable bonds is 3. The normalized spacial score (nSPS) is 42.2. The Morgan fingerprint density at radius 2 is 2.12 bits per heavy atom. The summed E-state index contributed by atoms with van der Waals surface area (Å²) in [5.74, 6) is 0.694. The lowest BCUT2D eigenvalue weighted by Crippen LogP contribution is -2.53. The monoisotopic (exact) mass is 322 g/mol. The Hall–Kier alpha value is -1.87. The first-order valence-electron chi connectivity index (χ1n) is 8.79. The van der Waals surface area contributed by atoms with Gasteiger partial charge in [-0.1, -0.05) is 43.4 Å². The molecular formula is C21H26N2O. The lowest BCUT2D eigenvalue weighted by molar-refractivity contribution is -0.119. The predicted molar refractivity (Wildman–Crippen MR) is 97.9 cm³/mol. The minimum Gasteiger partial charge on any atom is -0.325 e. The molecule has 126 valence electrons. The van der Waals surface area contributed by atoms with E-state index in [4.69, 9.17) is 0 Å². The molecule has 2 fully saturated rings. The molecule has 4 rings (SSSR count). The number of hydrogen-bond donors (Lipinski definition) is 2. The molecule has 1 amide bonds. The fraction of sp³-hybridized carbons (Fsp3) is 0.476. The minimum absolute atomic E-state index is 0.129. The molecule has 2 aliphatic carbocycles. The Morgan fingerprint density at radius 3 is 2.75 bits per heavy atom. The number of fused-ring (bicyclic) bond motifs is 5. The van der Waals surface area contributed by atoms with Gasteiger partial charge in [-0.3, -0.25) is 4.79 Å². The highest BCUT2D eigenvalue weighted by Gasteiger charge is 2.88. The molecule has 5 unspecified atom stereocenters. The number of amides is 1. The molecule has 0 aromatic heterocycles. The molecule has 3 heteroatoms. The highest BCUT2D eigenvalue weighted by molar-refractivity contribution is 6.11. The van der Waals surface area contributed by atoms with Gasteiger partial charge in [0.05, 0.1) is 5.54 Å². The molecule has 1 aromatic carbocycles. The Bertz CT molecular complexity index is 769. The molecule has 24 heavy (non-hydrogen) atoms. The zero-order chi connectivity index (χ0) is 17.3. The maximum Gasteiger partial charge on any atom is 0.237 e. The van der Waals surface area contributed by atoms with E-state index in [1.807, 2.05) is 25.2 Å². The SMILES string of the molecule is C=CC1(C)CCC(C(=C)C)C2C3(C(=O)Nc4ccccc43)C21NC. The van der Waals surface area contributed by atoms with Crippen molar-refractivity contribution in [2.75, 3.05) is 12.4 Å². The van der Waals surface area contributed by atoms with Crippen molar-refractivity contribution >= 4 is 11.6 Å². The van der Waals surface area contributed by atoms with E-state index in [2.05, 4.69) is 49.8 Å². The fourth-order valence-electron chi connectivity index (χ4n) is 6.14. The maximum absolute atomic E-state index is 13.3. The molecule has 5 atom stereocenters. The molecule has 3 nitrogen and oxygen atoms in total. The molecular weight excluding hydrogens is 296 g/mol. The smallest absolute Gasteiger partial charge is 0.237 e. The van der Waals surface area contributed by atoms with Crippen LogP contribution in [0.4, 0.5) is 5.69 Å². The van der Waals surface area contributed by atoms with Crippen molar-refractivity contribution in [2.45, 2.75) is 37.6 Å². The molecule has 0 radical (unpaired) electrons. The minimum atomic E-state index is -0.526. The number of anilines is 1. The Balaban J connectivity index is 2.01. The first-order chi connectivity index (χ1) is 11.4. The number of carbonyl (C=O) groups is 1. The van der Waals surface area contributed by atoms with Crippen molar-refractivity contribution < 1.29 is 4.79 Å². The van der Waals surface area contributed by atoms with Crippen LogP contribution in [0.1, 0.15) is 32.3 Å². The summed E-state index contributed by atoms with van der Waals surface area (Å²) in [4.78, 5) is 13.3. The van der Waals surface area contributed by atoms with Crippen LogP contribution >= 0.6 is 0 Å². The van der Waals surface area contributed by atoms with Crippen LogP contribution in [0.25, 0.3) is 0 Å². The van der Waals surface area contributed by atoms with Crippen LogP contribution in [-0.2, 0) is 10.2 Å².